The highest BCUT2D eigenvalue weighted by Gasteiger charge is 2.42. The second-order valence-corrected chi connectivity index (χ2v) is 11.1. The lowest BCUT2D eigenvalue weighted by Crippen LogP contribution is -2.63. The van der Waals surface area contributed by atoms with Gasteiger partial charge < -0.3 is 19.4 Å². The first-order valence-electron chi connectivity index (χ1n) is 12.8. The predicted molar refractivity (Wildman–Crippen MR) is 143 cm³/mol. The van der Waals surface area contributed by atoms with Gasteiger partial charge >= 0.3 is 0 Å². The molecule has 4 heterocycles. The minimum atomic E-state index is -0.629. The van der Waals surface area contributed by atoms with E-state index in [2.05, 4.69) is 66.3 Å². The monoisotopic (exact) mass is 567 g/mol. The number of halogens is 1. The van der Waals surface area contributed by atoms with Crippen LogP contribution in [0.4, 0.5) is 11.4 Å². The van der Waals surface area contributed by atoms with Crippen LogP contribution in [0.1, 0.15) is 28.8 Å². The molecule has 1 atom stereocenters. The Hall–Kier alpha value is -3.11. The Balaban J connectivity index is 1.09. The van der Waals surface area contributed by atoms with Gasteiger partial charge in [0.15, 0.2) is 0 Å². The average Bonchev–Trinajstić information content (AvgIpc) is 3.19. The number of piperazine rings is 1. The van der Waals surface area contributed by atoms with Crippen molar-refractivity contribution in [2.45, 2.75) is 31.5 Å². The summed E-state index contributed by atoms with van der Waals surface area (Å²) in [5, 5.41) is 2.36. The van der Waals surface area contributed by atoms with Gasteiger partial charge in [0, 0.05) is 80.2 Å². The fourth-order valence-corrected chi connectivity index (χ4v) is 6.16. The largest absolute Gasteiger partial charge is 0.496 e. The van der Waals surface area contributed by atoms with E-state index in [9.17, 15) is 14.4 Å². The molecule has 9 nitrogen and oxygen atoms in total. The van der Waals surface area contributed by atoms with Crippen LogP contribution in [0.5, 0.6) is 5.75 Å². The molecule has 0 saturated carbocycles. The van der Waals surface area contributed by atoms with Crippen molar-refractivity contribution < 1.29 is 19.1 Å². The lowest BCUT2D eigenvalue weighted by atomic mass is 10.0. The third kappa shape index (κ3) is 4.46. The lowest BCUT2D eigenvalue weighted by molar-refractivity contribution is -0.136. The molecule has 3 saturated heterocycles. The number of hydrogen-bond acceptors (Lipinski definition) is 7. The van der Waals surface area contributed by atoms with Gasteiger partial charge in [-0.3, -0.25) is 24.6 Å². The fourth-order valence-electron chi connectivity index (χ4n) is 5.89. The first kappa shape index (κ1) is 24.2. The summed E-state index contributed by atoms with van der Waals surface area (Å²) in [7, 11) is 1.57. The zero-order valence-corrected chi connectivity index (χ0v) is 22.4. The van der Waals surface area contributed by atoms with E-state index in [1.54, 1.807) is 12.0 Å². The lowest BCUT2D eigenvalue weighted by Gasteiger charge is -2.49. The van der Waals surface area contributed by atoms with E-state index in [0.29, 0.717) is 30.3 Å². The van der Waals surface area contributed by atoms with E-state index < -0.39 is 11.9 Å². The van der Waals surface area contributed by atoms with Crippen LogP contribution < -0.4 is 19.9 Å². The summed E-state index contributed by atoms with van der Waals surface area (Å²) < 4.78 is 6.72. The topological polar surface area (TPSA) is 85.4 Å². The van der Waals surface area contributed by atoms with Crippen molar-refractivity contribution in [2.24, 2.45) is 0 Å². The molecule has 0 radical (unpaired) electrons. The molecule has 4 aliphatic heterocycles. The van der Waals surface area contributed by atoms with Crippen molar-refractivity contribution in [3.63, 3.8) is 0 Å². The number of nitrogens with one attached hydrogen (secondary N) is 1. The van der Waals surface area contributed by atoms with Gasteiger partial charge in [-0.05, 0) is 42.3 Å². The highest BCUT2D eigenvalue weighted by molar-refractivity contribution is 9.10. The summed E-state index contributed by atoms with van der Waals surface area (Å²) in [5.41, 5.74) is 3.70. The summed E-state index contributed by atoms with van der Waals surface area (Å²) in [6, 6.07) is 12.4. The van der Waals surface area contributed by atoms with Crippen molar-refractivity contribution in [2.75, 3.05) is 56.2 Å². The van der Waals surface area contributed by atoms with Gasteiger partial charge in [-0.15, -0.1) is 0 Å². The van der Waals surface area contributed by atoms with Gasteiger partial charge in [0.1, 0.15) is 11.8 Å². The Bertz CT molecular complexity index is 1240. The first-order chi connectivity index (χ1) is 17.9. The molecular weight excluding hydrogens is 538 g/mol. The molecule has 0 bridgehead atoms. The second-order valence-electron chi connectivity index (χ2n) is 10.1. The first-order valence-corrected chi connectivity index (χ1v) is 13.6. The number of piperidine rings is 1. The van der Waals surface area contributed by atoms with E-state index in [1.165, 1.54) is 5.69 Å². The van der Waals surface area contributed by atoms with E-state index in [4.69, 9.17) is 4.74 Å². The summed E-state index contributed by atoms with van der Waals surface area (Å²) in [4.78, 5) is 46.1. The third-order valence-corrected chi connectivity index (χ3v) is 8.57. The quantitative estimate of drug-likeness (QED) is 0.554. The number of carbonyl (C=O) groups is 3. The van der Waals surface area contributed by atoms with Gasteiger partial charge in [0.05, 0.1) is 12.7 Å². The number of anilines is 2. The summed E-state index contributed by atoms with van der Waals surface area (Å²) in [6.07, 6.45) is 0.591. The molecule has 4 aliphatic rings. The highest BCUT2D eigenvalue weighted by Crippen LogP contribution is 2.38. The molecule has 3 fully saturated rings. The molecule has 37 heavy (non-hydrogen) atoms. The van der Waals surface area contributed by atoms with Crippen LogP contribution in [-0.2, 0) is 16.1 Å². The highest BCUT2D eigenvalue weighted by atomic mass is 79.9. The van der Waals surface area contributed by atoms with Gasteiger partial charge in [0.25, 0.3) is 5.91 Å². The normalized spacial score (nSPS) is 22.7. The Kier molecular flexibility index (Phi) is 6.32. The molecule has 194 valence electrons. The maximum atomic E-state index is 13.2. The second kappa shape index (κ2) is 9.64. The van der Waals surface area contributed by atoms with Crippen molar-refractivity contribution in [3.05, 3.63) is 52.0 Å². The van der Waals surface area contributed by atoms with E-state index >= 15 is 0 Å². The van der Waals surface area contributed by atoms with E-state index in [1.807, 2.05) is 6.07 Å². The molecule has 0 aromatic heterocycles. The summed E-state index contributed by atoms with van der Waals surface area (Å²) in [6.45, 7) is 6.33. The minimum Gasteiger partial charge on any atom is -0.496 e. The Morgan fingerprint density at radius 2 is 1.68 bits per heavy atom. The molecule has 3 amide bonds. The number of methoxy groups -OCH3 is 1. The Morgan fingerprint density at radius 3 is 2.35 bits per heavy atom. The molecule has 2 aromatic carbocycles. The molecule has 0 spiro atoms. The van der Waals surface area contributed by atoms with Crippen LogP contribution in [0.3, 0.4) is 0 Å². The number of carbonyl (C=O) groups excluding carboxylic acids is 3. The molecule has 6 rings (SSSR count). The maximum Gasteiger partial charge on any atom is 0.258 e. The van der Waals surface area contributed by atoms with Crippen molar-refractivity contribution in [1.29, 1.82) is 0 Å². The molecular formula is C27H30BrN5O4. The van der Waals surface area contributed by atoms with Crippen LogP contribution >= 0.6 is 15.9 Å². The molecule has 1 unspecified atom stereocenters. The van der Waals surface area contributed by atoms with Crippen LogP contribution in [0.15, 0.2) is 40.9 Å². The number of rotatable bonds is 5. The smallest absolute Gasteiger partial charge is 0.258 e. The Morgan fingerprint density at radius 1 is 0.946 bits per heavy atom. The number of hydrogen-bond donors (Lipinski definition) is 1. The van der Waals surface area contributed by atoms with Crippen LogP contribution in [0.2, 0.25) is 0 Å². The van der Waals surface area contributed by atoms with Crippen LogP contribution in [0.25, 0.3) is 0 Å². The van der Waals surface area contributed by atoms with Crippen LogP contribution in [0, 0.1) is 0 Å². The fraction of sp³-hybridized carbons (Fsp3) is 0.444. The number of benzene rings is 2. The zero-order chi connectivity index (χ0) is 25.7. The number of imide groups is 1. The minimum absolute atomic E-state index is 0.210. The maximum absolute atomic E-state index is 13.2. The van der Waals surface area contributed by atoms with Gasteiger partial charge in [-0.25, -0.2) is 0 Å². The van der Waals surface area contributed by atoms with Crippen molar-refractivity contribution in [3.8, 4) is 5.75 Å². The van der Waals surface area contributed by atoms with Crippen LogP contribution in [-0.4, -0.2) is 86.0 Å². The van der Waals surface area contributed by atoms with E-state index in [-0.39, 0.29) is 18.2 Å². The standard InChI is InChI=1S/C27H30BrN5O4/c1-37-23-13-20(12-17-14-33(27(36)25(17)23)22-6-7-24(34)29-26(22)35)32-15-21(16-32)31-10-8-30(9-11-31)19-4-2-18(28)3-5-19/h2-5,12-13,21-22H,6-11,14-16H2,1H3,(H,29,34,35). The van der Waals surface area contributed by atoms with Gasteiger partial charge in [-0.1, -0.05) is 15.9 Å². The Labute approximate surface area is 224 Å². The van der Waals surface area contributed by atoms with Crippen molar-refractivity contribution >= 4 is 45.0 Å². The average molecular weight is 568 g/mol. The zero-order valence-electron chi connectivity index (χ0n) is 20.8. The number of fused-ring (bicyclic) bond motifs is 1. The molecule has 1 N–H and O–H groups in total. The molecule has 10 heteroatoms. The number of ether oxygens (including phenoxy) is 1. The molecule has 0 aliphatic carbocycles. The van der Waals surface area contributed by atoms with Gasteiger partial charge in [-0.2, -0.15) is 0 Å². The van der Waals surface area contributed by atoms with Gasteiger partial charge in [0.2, 0.25) is 11.8 Å². The summed E-state index contributed by atoms with van der Waals surface area (Å²) in [5.74, 6) is -0.355. The molecule has 2 aromatic rings. The van der Waals surface area contributed by atoms with Crippen molar-refractivity contribution in [1.82, 2.24) is 15.1 Å². The SMILES string of the molecule is COc1cc(N2CC(N3CCN(c4ccc(Br)cc4)CC3)C2)cc2c1C(=O)N(C1CCC(=O)NC1=O)C2. The predicted octanol–water partition coefficient (Wildman–Crippen LogP) is 2.23. The summed E-state index contributed by atoms with van der Waals surface area (Å²) >= 11 is 3.51. The number of nitrogens with zero attached hydrogens (tertiary/aromatic N) is 4. The number of amides is 3. The third-order valence-electron chi connectivity index (χ3n) is 8.04. The van der Waals surface area contributed by atoms with E-state index in [0.717, 1.165) is 55.0 Å².